The third kappa shape index (κ3) is 3.84. The summed E-state index contributed by atoms with van der Waals surface area (Å²) in [5.74, 6) is -0.545. The van der Waals surface area contributed by atoms with E-state index in [0.29, 0.717) is 19.5 Å². The Hall–Kier alpha value is -0.920. The molecule has 21 heavy (non-hydrogen) atoms. The SMILES string of the molecule is CCN(CC)S(=O)(=O)NC(=O)C1CC1c1ccc(Br)cc1. The van der Waals surface area contributed by atoms with Gasteiger partial charge in [0.15, 0.2) is 0 Å². The zero-order valence-electron chi connectivity index (χ0n) is 12.0. The molecule has 0 bridgehead atoms. The normalized spacial score (nSPS) is 21.3. The molecule has 1 saturated carbocycles. The second kappa shape index (κ2) is 6.46. The van der Waals surface area contributed by atoms with Gasteiger partial charge in [0.2, 0.25) is 5.91 Å². The molecule has 0 heterocycles. The lowest BCUT2D eigenvalue weighted by molar-refractivity contribution is -0.120. The molecule has 2 atom stereocenters. The summed E-state index contributed by atoms with van der Waals surface area (Å²) in [5.41, 5.74) is 1.07. The van der Waals surface area contributed by atoms with Crippen molar-refractivity contribution in [2.75, 3.05) is 13.1 Å². The largest absolute Gasteiger partial charge is 0.303 e. The van der Waals surface area contributed by atoms with Gasteiger partial charge in [-0.25, -0.2) is 4.72 Å². The zero-order valence-corrected chi connectivity index (χ0v) is 14.4. The summed E-state index contributed by atoms with van der Waals surface area (Å²) in [5, 5.41) is 0. The average molecular weight is 375 g/mol. The highest BCUT2D eigenvalue weighted by Gasteiger charge is 2.45. The van der Waals surface area contributed by atoms with Gasteiger partial charge in [0.05, 0.1) is 0 Å². The number of carbonyl (C=O) groups is 1. The monoisotopic (exact) mass is 374 g/mol. The number of nitrogens with zero attached hydrogens (tertiary/aromatic N) is 1. The molecule has 1 N–H and O–H groups in total. The van der Waals surface area contributed by atoms with Crippen molar-refractivity contribution < 1.29 is 13.2 Å². The van der Waals surface area contributed by atoms with Crippen molar-refractivity contribution >= 4 is 32.0 Å². The van der Waals surface area contributed by atoms with Crippen LogP contribution in [0.4, 0.5) is 0 Å². The minimum absolute atomic E-state index is 0.116. The van der Waals surface area contributed by atoms with Gasteiger partial charge in [-0.15, -0.1) is 0 Å². The van der Waals surface area contributed by atoms with Crippen LogP contribution < -0.4 is 4.72 Å². The Morgan fingerprint density at radius 2 is 1.86 bits per heavy atom. The first-order valence-corrected chi connectivity index (χ1v) is 9.19. The molecule has 1 fully saturated rings. The number of nitrogens with one attached hydrogen (secondary N) is 1. The van der Waals surface area contributed by atoms with Crippen LogP contribution in [0.25, 0.3) is 0 Å². The van der Waals surface area contributed by atoms with E-state index >= 15 is 0 Å². The Morgan fingerprint density at radius 1 is 1.29 bits per heavy atom. The summed E-state index contributed by atoms with van der Waals surface area (Å²) < 4.78 is 28.4. The van der Waals surface area contributed by atoms with Crippen LogP contribution in [-0.4, -0.2) is 31.7 Å². The maximum absolute atomic E-state index is 12.1. The van der Waals surface area contributed by atoms with E-state index in [9.17, 15) is 13.2 Å². The Bertz CT molecular complexity index is 612. The molecule has 116 valence electrons. The molecular formula is C14H19BrN2O3S. The number of hydrogen-bond donors (Lipinski definition) is 1. The highest BCUT2D eigenvalue weighted by molar-refractivity contribution is 9.10. The molecule has 5 nitrogen and oxygen atoms in total. The molecule has 2 rings (SSSR count). The lowest BCUT2D eigenvalue weighted by atomic mass is 10.1. The molecule has 1 amide bonds. The third-order valence-corrected chi connectivity index (χ3v) is 5.88. The van der Waals surface area contributed by atoms with Crippen LogP contribution in [0, 0.1) is 5.92 Å². The van der Waals surface area contributed by atoms with E-state index in [4.69, 9.17) is 0 Å². The average Bonchev–Trinajstić information content (AvgIpc) is 3.20. The number of carbonyl (C=O) groups excluding carboxylic acids is 1. The molecule has 0 saturated heterocycles. The van der Waals surface area contributed by atoms with Gasteiger partial charge in [-0.2, -0.15) is 12.7 Å². The van der Waals surface area contributed by atoms with Crippen LogP contribution in [0.3, 0.4) is 0 Å². The quantitative estimate of drug-likeness (QED) is 0.830. The van der Waals surface area contributed by atoms with Crippen LogP contribution >= 0.6 is 15.9 Å². The molecule has 0 spiro atoms. The highest BCUT2D eigenvalue weighted by atomic mass is 79.9. The van der Waals surface area contributed by atoms with Gasteiger partial charge in [-0.1, -0.05) is 41.9 Å². The zero-order chi connectivity index (χ0) is 15.6. The number of halogens is 1. The molecule has 7 heteroatoms. The fraction of sp³-hybridized carbons (Fsp3) is 0.500. The van der Waals surface area contributed by atoms with Crippen LogP contribution in [0.15, 0.2) is 28.7 Å². The molecule has 0 aliphatic heterocycles. The summed E-state index contributed by atoms with van der Waals surface area (Å²) in [4.78, 5) is 12.1. The maximum Gasteiger partial charge on any atom is 0.303 e. The lowest BCUT2D eigenvalue weighted by Gasteiger charge is -2.18. The predicted molar refractivity (Wildman–Crippen MR) is 85.0 cm³/mol. The lowest BCUT2D eigenvalue weighted by Crippen LogP contribution is -2.44. The smallest absolute Gasteiger partial charge is 0.274 e. The van der Waals surface area contributed by atoms with Gasteiger partial charge in [0.1, 0.15) is 0 Å². The van der Waals surface area contributed by atoms with Crippen molar-refractivity contribution in [1.82, 2.24) is 9.03 Å². The Morgan fingerprint density at radius 3 is 2.38 bits per heavy atom. The van der Waals surface area contributed by atoms with Crippen molar-refractivity contribution in [3.63, 3.8) is 0 Å². The van der Waals surface area contributed by atoms with E-state index < -0.39 is 16.1 Å². The van der Waals surface area contributed by atoms with E-state index in [1.165, 1.54) is 4.31 Å². The first-order chi connectivity index (χ1) is 9.89. The second-order valence-electron chi connectivity index (χ2n) is 5.06. The third-order valence-electron chi connectivity index (χ3n) is 3.70. The van der Waals surface area contributed by atoms with E-state index in [1.807, 2.05) is 24.3 Å². The Labute approximate surface area is 134 Å². The fourth-order valence-electron chi connectivity index (χ4n) is 2.39. The van der Waals surface area contributed by atoms with E-state index in [2.05, 4.69) is 20.7 Å². The van der Waals surface area contributed by atoms with Gasteiger partial charge in [-0.05, 0) is 30.0 Å². The number of benzene rings is 1. The second-order valence-corrected chi connectivity index (χ2v) is 7.64. The van der Waals surface area contributed by atoms with Gasteiger partial charge in [-0.3, -0.25) is 4.79 Å². The van der Waals surface area contributed by atoms with E-state index in [-0.39, 0.29) is 11.8 Å². The summed E-state index contributed by atoms with van der Waals surface area (Å²) in [6.45, 7) is 4.18. The maximum atomic E-state index is 12.1. The molecule has 1 aliphatic carbocycles. The summed E-state index contributed by atoms with van der Waals surface area (Å²) in [7, 11) is -3.71. The Kier molecular flexibility index (Phi) is 5.06. The number of rotatable bonds is 6. The molecule has 1 aromatic rings. The molecule has 2 unspecified atom stereocenters. The Balaban J connectivity index is 1.99. The molecule has 0 radical (unpaired) electrons. The van der Waals surface area contributed by atoms with Crippen molar-refractivity contribution in [3.8, 4) is 0 Å². The van der Waals surface area contributed by atoms with Crippen LogP contribution in [0.1, 0.15) is 31.7 Å². The van der Waals surface area contributed by atoms with Crippen LogP contribution in [0.5, 0.6) is 0 Å². The van der Waals surface area contributed by atoms with Crippen molar-refractivity contribution in [2.24, 2.45) is 5.92 Å². The standard InChI is InChI=1S/C14H19BrN2O3S/c1-3-17(4-2)21(19,20)16-14(18)13-9-12(13)10-5-7-11(15)8-6-10/h5-8,12-13H,3-4,9H2,1-2H3,(H,16,18). The first kappa shape index (κ1) is 16.5. The summed E-state index contributed by atoms with van der Waals surface area (Å²) in [6, 6.07) is 7.77. The first-order valence-electron chi connectivity index (χ1n) is 6.96. The highest BCUT2D eigenvalue weighted by Crippen LogP contribution is 2.47. The van der Waals surface area contributed by atoms with Crippen molar-refractivity contribution in [1.29, 1.82) is 0 Å². The topological polar surface area (TPSA) is 66.5 Å². The van der Waals surface area contributed by atoms with Gasteiger partial charge >= 0.3 is 10.2 Å². The van der Waals surface area contributed by atoms with Gasteiger partial charge in [0.25, 0.3) is 0 Å². The van der Waals surface area contributed by atoms with Crippen LogP contribution in [-0.2, 0) is 15.0 Å². The van der Waals surface area contributed by atoms with Crippen LogP contribution in [0.2, 0.25) is 0 Å². The molecule has 1 aromatic carbocycles. The summed E-state index contributed by atoms with van der Waals surface area (Å²) in [6.07, 6.45) is 0.696. The number of amides is 1. The van der Waals surface area contributed by atoms with Crippen molar-refractivity contribution in [2.45, 2.75) is 26.2 Å². The molecule has 0 aromatic heterocycles. The van der Waals surface area contributed by atoms with Gasteiger partial charge < -0.3 is 0 Å². The molecular weight excluding hydrogens is 356 g/mol. The fourth-order valence-corrected chi connectivity index (χ4v) is 3.87. The summed E-state index contributed by atoms with van der Waals surface area (Å²) >= 11 is 3.37. The predicted octanol–water partition coefficient (Wildman–Crippen LogP) is 2.26. The molecule has 1 aliphatic rings. The number of hydrogen-bond acceptors (Lipinski definition) is 3. The van der Waals surface area contributed by atoms with E-state index in [0.717, 1.165) is 10.0 Å². The minimum Gasteiger partial charge on any atom is -0.274 e. The van der Waals surface area contributed by atoms with Crippen molar-refractivity contribution in [3.05, 3.63) is 34.3 Å². The van der Waals surface area contributed by atoms with Gasteiger partial charge in [0, 0.05) is 23.5 Å². The van der Waals surface area contributed by atoms with E-state index in [1.54, 1.807) is 13.8 Å². The minimum atomic E-state index is -3.71.